The number of aryl methyl sites for hydroxylation is 3. The molecule has 0 fully saturated rings. The fourth-order valence-electron chi connectivity index (χ4n) is 4.35. The van der Waals surface area contributed by atoms with E-state index in [1.165, 1.54) is 11.3 Å². The predicted molar refractivity (Wildman–Crippen MR) is 144 cm³/mol. The van der Waals surface area contributed by atoms with Gasteiger partial charge < -0.3 is 10.1 Å². The number of carbonyl (C=O) groups is 2. The molecule has 0 aliphatic heterocycles. The lowest BCUT2D eigenvalue weighted by atomic mass is 10.1. The number of benzene rings is 2. The zero-order chi connectivity index (χ0) is 26.1. The number of pyridine rings is 1. The number of amides is 1. The molecule has 0 saturated heterocycles. The highest BCUT2D eigenvalue weighted by molar-refractivity contribution is 7.22. The molecule has 2 aromatic carbocycles. The average molecular weight is 516 g/mol. The summed E-state index contributed by atoms with van der Waals surface area (Å²) >= 11 is 1.27. The summed E-state index contributed by atoms with van der Waals surface area (Å²) < 4.78 is 9.16. The van der Waals surface area contributed by atoms with Crippen molar-refractivity contribution in [1.29, 1.82) is 0 Å². The second-order valence-corrected chi connectivity index (χ2v) is 9.60. The van der Waals surface area contributed by atoms with Crippen LogP contribution in [0, 0.1) is 13.8 Å². The van der Waals surface area contributed by atoms with Crippen LogP contribution in [0.25, 0.3) is 26.9 Å². The van der Waals surface area contributed by atoms with Crippen LogP contribution in [-0.4, -0.2) is 37.8 Å². The summed E-state index contributed by atoms with van der Waals surface area (Å²) in [6, 6.07) is 16.3. The maximum absolute atomic E-state index is 13.0. The summed E-state index contributed by atoms with van der Waals surface area (Å²) in [5.74, 6) is -0.670. The first kappa shape index (κ1) is 24.4. The largest absolute Gasteiger partial charge is 0.462 e. The first-order chi connectivity index (χ1) is 17.9. The van der Waals surface area contributed by atoms with Crippen molar-refractivity contribution in [3.8, 4) is 5.69 Å². The number of hydrogen-bond donors (Lipinski definition) is 1. The Bertz CT molecular complexity index is 1700. The van der Waals surface area contributed by atoms with Gasteiger partial charge >= 0.3 is 5.97 Å². The van der Waals surface area contributed by atoms with Gasteiger partial charge in [0.15, 0.2) is 5.13 Å². The highest BCUT2D eigenvalue weighted by Crippen LogP contribution is 2.28. The van der Waals surface area contributed by atoms with Crippen LogP contribution in [0.15, 0.2) is 59.4 Å². The molecule has 0 bridgehead atoms. The van der Waals surface area contributed by atoms with E-state index in [-0.39, 0.29) is 24.4 Å². The number of anilines is 1. The summed E-state index contributed by atoms with van der Waals surface area (Å²) in [5.41, 5.74) is 4.06. The van der Waals surface area contributed by atoms with Crippen LogP contribution in [0.4, 0.5) is 5.13 Å². The number of esters is 1. The van der Waals surface area contributed by atoms with Crippen molar-refractivity contribution < 1.29 is 14.3 Å². The van der Waals surface area contributed by atoms with Gasteiger partial charge in [-0.25, -0.2) is 14.5 Å². The molecule has 37 heavy (non-hydrogen) atoms. The maximum atomic E-state index is 13.0. The van der Waals surface area contributed by atoms with Crippen LogP contribution >= 0.6 is 11.3 Å². The highest BCUT2D eigenvalue weighted by atomic mass is 32.1. The molecule has 9 nitrogen and oxygen atoms in total. The second kappa shape index (κ2) is 9.98. The van der Waals surface area contributed by atoms with Gasteiger partial charge in [0, 0.05) is 24.4 Å². The predicted octanol–water partition coefficient (Wildman–Crippen LogP) is 4.62. The quantitative estimate of drug-likeness (QED) is 0.317. The lowest BCUT2D eigenvalue weighted by Gasteiger charge is -2.12. The number of hydrogen-bond acceptors (Lipinski definition) is 7. The third-order valence-electron chi connectivity index (χ3n) is 6.00. The van der Waals surface area contributed by atoms with Gasteiger partial charge in [0.1, 0.15) is 5.65 Å². The Morgan fingerprint density at radius 1 is 1.08 bits per heavy atom. The number of aromatic nitrogens is 4. The van der Waals surface area contributed by atoms with Crippen LogP contribution < -0.4 is 10.9 Å². The minimum Gasteiger partial charge on any atom is -0.462 e. The van der Waals surface area contributed by atoms with E-state index in [1.807, 2.05) is 44.2 Å². The van der Waals surface area contributed by atoms with Crippen LogP contribution in [-0.2, 0) is 16.1 Å². The van der Waals surface area contributed by atoms with E-state index in [4.69, 9.17) is 4.74 Å². The Kier molecular flexibility index (Phi) is 6.58. The molecule has 1 N–H and O–H groups in total. The second-order valence-electron chi connectivity index (χ2n) is 8.57. The molecular formula is C27H25N5O4S. The Hall–Kier alpha value is -4.31. The third-order valence-corrected chi connectivity index (χ3v) is 6.93. The Morgan fingerprint density at radius 2 is 1.86 bits per heavy atom. The molecule has 0 saturated carbocycles. The van der Waals surface area contributed by atoms with E-state index in [1.54, 1.807) is 40.4 Å². The molecule has 0 aliphatic carbocycles. The van der Waals surface area contributed by atoms with Gasteiger partial charge in [-0.05, 0) is 56.7 Å². The first-order valence-corrected chi connectivity index (χ1v) is 12.7. The number of nitrogens with one attached hydrogen (secondary N) is 1. The summed E-state index contributed by atoms with van der Waals surface area (Å²) in [6.45, 7) is 6.03. The van der Waals surface area contributed by atoms with Crippen LogP contribution in [0.5, 0.6) is 0 Å². The minimum atomic E-state index is -0.400. The van der Waals surface area contributed by atoms with Gasteiger partial charge in [0.05, 0.1) is 33.8 Å². The third kappa shape index (κ3) is 4.75. The molecule has 0 unspecified atom stereocenters. The number of fused-ring (bicyclic) bond motifs is 2. The number of ether oxygens (including phenoxy) is 1. The van der Waals surface area contributed by atoms with Crippen molar-refractivity contribution in [3.63, 3.8) is 0 Å². The van der Waals surface area contributed by atoms with Gasteiger partial charge in [0.2, 0.25) is 5.91 Å². The molecule has 3 aromatic heterocycles. The molecule has 0 atom stereocenters. The average Bonchev–Trinajstić information content (AvgIpc) is 3.44. The van der Waals surface area contributed by atoms with Gasteiger partial charge in [-0.15, -0.1) is 0 Å². The summed E-state index contributed by atoms with van der Waals surface area (Å²) in [5, 5.41) is 8.83. The molecule has 5 rings (SSSR count). The number of thiazole rings is 1. The molecule has 3 heterocycles. The van der Waals surface area contributed by atoms with Crippen LogP contribution in [0.2, 0.25) is 0 Å². The van der Waals surface area contributed by atoms with Crippen molar-refractivity contribution in [2.45, 2.75) is 33.7 Å². The van der Waals surface area contributed by atoms with Crippen molar-refractivity contribution in [2.24, 2.45) is 0 Å². The summed E-state index contributed by atoms with van der Waals surface area (Å²) in [7, 11) is 0. The van der Waals surface area contributed by atoms with Crippen molar-refractivity contribution in [1.82, 2.24) is 19.3 Å². The lowest BCUT2D eigenvalue weighted by Crippen LogP contribution is -2.25. The lowest BCUT2D eigenvalue weighted by molar-refractivity contribution is -0.116. The monoisotopic (exact) mass is 515 g/mol. The maximum Gasteiger partial charge on any atom is 0.338 e. The number of para-hydroxylation sites is 1. The van der Waals surface area contributed by atoms with Crippen molar-refractivity contribution in [2.75, 3.05) is 11.9 Å². The Balaban J connectivity index is 1.39. The highest BCUT2D eigenvalue weighted by Gasteiger charge is 2.18. The van der Waals surface area contributed by atoms with Gasteiger partial charge in [-0.2, -0.15) is 5.10 Å². The normalized spacial score (nSPS) is 11.2. The van der Waals surface area contributed by atoms with E-state index in [0.29, 0.717) is 28.5 Å². The summed E-state index contributed by atoms with van der Waals surface area (Å²) in [6.07, 6.45) is 0.0705. The Labute approximate surface area is 216 Å². The van der Waals surface area contributed by atoms with Gasteiger partial charge in [-0.3, -0.25) is 14.2 Å². The Morgan fingerprint density at radius 3 is 2.62 bits per heavy atom. The molecule has 10 heteroatoms. The molecule has 0 spiro atoms. The van der Waals surface area contributed by atoms with Crippen molar-refractivity contribution in [3.05, 3.63) is 81.8 Å². The summed E-state index contributed by atoms with van der Waals surface area (Å²) in [4.78, 5) is 42.3. The first-order valence-electron chi connectivity index (χ1n) is 11.9. The fourth-order valence-corrected chi connectivity index (χ4v) is 5.27. The minimum absolute atomic E-state index is 0.0705. The number of nitrogens with zero attached hydrogens (tertiary/aromatic N) is 4. The zero-order valence-electron chi connectivity index (χ0n) is 20.6. The molecular weight excluding hydrogens is 490 g/mol. The molecule has 0 aliphatic rings. The topological polar surface area (TPSA) is 108 Å². The van der Waals surface area contributed by atoms with Gasteiger partial charge in [0.25, 0.3) is 5.56 Å². The number of carbonyl (C=O) groups excluding carboxylic acids is 2. The molecule has 1 amide bonds. The molecule has 188 valence electrons. The molecule has 0 radical (unpaired) electrons. The van der Waals surface area contributed by atoms with E-state index >= 15 is 0 Å². The van der Waals surface area contributed by atoms with Crippen LogP contribution in [0.3, 0.4) is 0 Å². The van der Waals surface area contributed by atoms with E-state index in [0.717, 1.165) is 27.0 Å². The SMILES string of the molecule is CCOC(=O)c1ccc2nc(NC(=O)CCn3c(=O)cc(C)c4c(C)nn(-c5ccccc5)c43)sc2c1. The van der Waals surface area contributed by atoms with Crippen molar-refractivity contribution >= 4 is 49.6 Å². The van der Waals surface area contributed by atoms with E-state index in [9.17, 15) is 14.4 Å². The van der Waals surface area contributed by atoms with Gasteiger partial charge in [-0.1, -0.05) is 29.5 Å². The van der Waals surface area contributed by atoms with Crippen LogP contribution in [0.1, 0.15) is 35.0 Å². The number of rotatable bonds is 7. The van der Waals surface area contributed by atoms with E-state index in [2.05, 4.69) is 15.4 Å². The fraction of sp³-hybridized carbons (Fsp3) is 0.222. The van der Waals surface area contributed by atoms with E-state index < -0.39 is 5.97 Å². The standard InChI is InChI=1S/C27H25N5O4S/c1-4-36-26(35)18-10-11-20-21(15-18)37-27(28-20)29-22(33)12-13-31-23(34)14-16(2)24-17(3)30-32(25(24)31)19-8-6-5-7-9-19/h5-11,14-15H,4,12-13H2,1-3H3,(H,28,29,33). The zero-order valence-corrected chi connectivity index (χ0v) is 21.5. The molecule has 5 aromatic rings. The smallest absolute Gasteiger partial charge is 0.338 e.